The average molecular weight is 350 g/mol. The van der Waals surface area contributed by atoms with Gasteiger partial charge in [0.15, 0.2) is 4.30 Å². The number of carbonyl (C=O) groups is 2. The summed E-state index contributed by atoms with van der Waals surface area (Å²) in [4.78, 5) is 17.4. The van der Waals surface area contributed by atoms with Gasteiger partial charge in [-0.1, -0.05) is 70.7 Å². The number of rotatable bonds is 0. The molecule has 0 saturated carbocycles. The van der Waals surface area contributed by atoms with E-state index in [0.717, 1.165) is 14.0 Å². The number of aryl methyl sites for hydroxylation is 1. The summed E-state index contributed by atoms with van der Waals surface area (Å²) in [5.41, 5.74) is 1.32. The van der Waals surface area contributed by atoms with Crippen molar-refractivity contribution in [3.8, 4) is 0 Å². The number of hydrogen-bond acceptors (Lipinski definition) is 3. The van der Waals surface area contributed by atoms with Gasteiger partial charge in [0, 0.05) is 14.0 Å². The summed E-state index contributed by atoms with van der Waals surface area (Å²) < 4.78 is -0.750. The number of halogens is 3. The summed E-state index contributed by atoms with van der Waals surface area (Å²) in [5.74, 6) is -0.833. The van der Waals surface area contributed by atoms with Gasteiger partial charge in [0.1, 0.15) is 0 Å². The number of aliphatic hydroxyl groups is 1. The molecule has 0 radical (unpaired) electrons. The second-order valence-corrected chi connectivity index (χ2v) is 4.51. The van der Waals surface area contributed by atoms with E-state index in [1.54, 1.807) is 0 Å². The summed E-state index contributed by atoms with van der Waals surface area (Å²) in [6.45, 7) is 2.92. The minimum Gasteiger partial charge on any atom is -0.483 e. The van der Waals surface area contributed by atoms with Crippen LogP contribution in [0.1, 0.15) is 12.5 Å². The minimum atomic E-state index is -0.833. The SMILES string of the molecule is CC(=O)O.CO.Cc1ccccc1.ClC(Cl)Cl.O=CO. The van der Waals surface area contributed by atoms with Gasteiger partial charge in [-0.3, -0.25) is 9.59 Å². The maximum absolute atomic E-state index is 9.00. The van der Waals surface area contributed by atoms with Crippen molar-refractivity contribution >= 4 is 47.2 Å². The van der Waals surface area contributed by atoms with Gasteiger partial charge in [-0.25, -0.2) is 0 Å². The first-order chi connectivity index (χ1) is 9.27. The molecule has 0 fully saturated rings. The van der Waals surface area contributed by atoms with Gasteiger partial charge in [-0.05, 0) is 6.92 Å². The zero-order valence-corrected chi connectivity index (χ0v) is 13.6. The Labute approximate surface area is 133 Å². The van der Waals surface area contributed by atoms with Crippen LogP contribution in [0.2, 0.25) is 0 Å². The number of aliphatic carboxylic acids is 1. The number of aliphatic hydroxyl groups excluding tert-OH is 1. The molecule has 118 valence electrons. The molecule has 0 aliphatic rings. The minimum absolute atomic E-state index is 0.250. The molecule has 0 aromatic heterocycles. The lowest BCUT2D eigenvalue weighted by Crippen LogP contribution is -1.78. The first-order valence-corrected chi connectivity index (χ1v) is 6.24. The summed E-state index contributed by atoms with van der Waals surface area (Å²) in [6, 6.07) is 10.3. The van der Waals surface area contributed by atoms with Crippen molar-refractivity contribution in [2.75, 3.05) is 7.11 Å². The lowest BCUT2D eigenvalue weighted by Gasteiger charge is -1.82. The first kappa shape index (κ1) is 27.4. The van der Waals surface area contributed by atoms with Crippen LogP contribution in [0.3, 0.4) is 0 Å². The highest BCUT2D eigenvalue weighted by atomic mass is 35.6. The highest BCUT2D eigenvalue weighted by molar-refractivity contribution is 6.63. The van der Waals surface area contributed by atoms with E-state index in [0.29, 0.717) is 0 Å². The molecule has 0 amide bonds. The molecule has 1 rings (SSSR count). The van der Waals surface area contributed by atoms with Crippen LogP contribution < -0.4 is 0 Å². The van der Waals surface area contributed by atoms with E-state index < -0.39 is 10.3 Å². The summed E-state index contributed by atoms with van der Waals surface area (Å²) in [5, 5.41) is 21.3. The standard InChI is InChI=1S/C7H8.C2H4O2.CHCl3.CH2O2.CH4O/c1-7-5-3-2-4-6-7;1-2(3)4;2-1(3)4;2-1-3;1-2/h2-6H,1H3;1H3,(H,3,4);1H;1H,(H,2,3);2H,1H3. The van der Waals surface area contributed by atoms with Crippen molar-refractivity contribution in [2.45, 2.75) is 18.1 Å². The third-order valence-electron chi connectivity index (χ3n) is 0.940. The zero-order valence-electron chi connectivity index (χ0n) is 11.3. The Morgan fingerprint density at radius 1 is 1.15 bits per heavy atom. The van der Waals surface area contributed by atoms with Gasteiger partial charge < -0.3 is 15.3 Å². The quantitative estimate of drug-likeness (QED) is 0.493. The molecule has 1 aromatic rings. The molecular formula is C12H19Cl3O5. The number of alkyl halides is 3. The molecule has 0 saturated heterocycles. The molecule has 3 N–H and O–H groups in total. The fraction of sp³-hybridized carbons (Fsp3) is 0.333. The lowest BCUT2D eigenvalue weighted by atomic mass is 10.2. The largest absolute Gasteiger partial charge is 0.483 e. The van der Waals surface area contributed by atoms with Crippen LogP contribution in [0.25, 0.3) is 0 Å². The maximum atomic E-state index is 9.00. The van der Waals surface area contributed by atoms with Crippen LogP contribution in [-0.4, -0.2) is 39.2 Å². The van der Waals surface area contributed by atoms with E-state index in [2.05, 4.69) is 19.1 Å². The predicted octanol–water partition coefficient (Wildman–Crippen LogP) is 3.38. The molecule has 0 heterocycles. The van der Waals surface area contributed by atoms with Crippen LogP contribution in [0, 0.1) is 6.92 Å². The third kappa shape index (κ3) is 88.9. The smallest absolute Gasteiger partial charge is 0.300 e. The van der Waals surface area contributed by atoms with Crippen molar-refractivity contribution in [3.63, 3.8) is 0 Å². The zero-order chi connectivity index (χ0) is 17.0. The predicted molar refractivity (Wildman–Crippen MR) is 82.7 cm³/mol. The first-order valence-electron chi connectivity index (χ1n) is 4.93. The molecular weight excluding hydrogens is 330 g/mol. The Kier molecular flexibility index (Phi) is 36.3. The Morgan fingerprint density at radius 3 is 1.45 bits per heavy atom. The third-order valence-corrected chi connectivity index (χ3v) is 0.940. The van der Waals surface area contributed by atoms with Crippen LogP contribution in [0.4, 0.5) is 0 Å². The van der Waals surface area contributed by atoms with E-state index in [-0.39, 0.29) is 6.47 Å². The Bertz CT molecular complexity index is 288. The highest BCUT2D eigenvalue weighted by Gasteiger charge is 1.78. The summed E-state index contributed by atoms with van der Waals surface area (Å²) >= 11 is 14.4. The van der Waals surface area contributed by atoms with Gasteiger partial charge >= 0.3 is 0 Å². The molecule has 0 spiro atoms. The van der Waals surface area contributed by atoms with E-state index in [9.17, 15) is 0 Å². The molecule has 1 aromatic carbocycles. The monoisotopic (exact) mass is 348 g/mol. The van der Waals surface area contributed by atoms with Crippen LogP contribution in [-0.2, 0) is 9.59 Å². The van der Waals surface area contributed by atoms with E-state index in [4.69, 9.17) is 59.7 Å². The van der Waals surface area contributed by atoms with Gasteiger partial charge in [-0.15, -0.1) is 0 Å². The van der Waals surface area contributed by atoms with Gasteiger partial charge in [0.2, 0.25) is 0 Å². The van der Waals surface area contributed by atoms with Gasteiger partial charge in [-0.2, -0.15) is 0 Å². The van der Waals surface area contributed by atoms with Gasteiger partial charge in [0.05, 0.1) is 0 Å². The molecule has 0 unspecified atom stereocenters. The second-order valence-electron chi connectivity index (χ2n) is 2.53. The lowest BCUT2D eigenvalue weighted by molar-refractivity contribution is -0.134. The fourth-order valence-corrected chi connectivity index (χ4v) is 0.534. The maximum Gasteiger partial charge on any atom is 0.300 e. The number of carboxylic acid groups (broad SMARTS) is 2. The molecule has 20 heavy (non-hydrogen) atoms. The molecule has 5 nitrogen and oxygen atoms in total. The highest BCUT2D eigenvalue weighted by Crippen LogP contribution is 2.03. The molecule has 0 bridgehead atoms. The number of carboxylic acids is 1. The van der Waals surface area contributed by atoms with Crippen molar-refractivity contribution in [3.05, 3.63) is 35.9 Å². The Hall–Kier alpha value is -1.01. The van der Waals surface area contributed by atoms with E-state index in [1.165, 1.54) is 5.56 Å². The summed E-state index contributed by atoms with van der Waals surface area (Å²) in [7, 11) is 1.00. The van der Waals surface area contributed by atoms with Crippen LogP contribution in [0.5, 0.6) is 0 Å². The molecule has 8 heteroatoms. The normalized spacial score (nSPS) is 7.00. The van der Waals surface area contributed by atoms with Crippen LogP contribution in [0.15, 0.2) is 30.3 Å². The van der Waals surface area contributed by atoms with Gasteiger partial charge in [0.25, 0.3) is 12.4 Å². The van der Waals surface area contributed by atoms with Crippen molar-refractivity contribution in [1.82, 2.24) is 0 Å². The second kappa shape index (κ2) is 26.5. The fourth-order valence-electron chi connectivity index (χ4n) is 0.534. The Balaban J connectivity index is -0.0000000869. The molecule has 0 aliphatic heterocycles. The summed E-state index contributed by atoms with van der Waals surface area (Å²) in [6.07, 6.45) is 0. The molecule has 0 aliphatic carbocycles. The van der Waals surface area contributed by atoms with Crippen molar-refractivity contribution in [1.29, 1.82) is 0 Å². The average Bonchev–Trinajstić information content (AvgIpc) is 2.32. The van der Waals surface area contributed by atoms with E-state index >= 15 is 0 Å². The Morgan fingerprint density at radius 2 is 1.35 bits per heavy atom. The number of benzene rings is 1. The van der Waals surface area contributed by atoms with Crippen molar-refractivity contribution in [2.24, 2.45) is 0 Å². The van der Waals surface area contributed by atoms with Crippen LogP contribution >= 0.6 is 34.8 Å². The number of hydrogen-bond donors (Lipinski definition) is 3. The molecule has 0 atom stereocenters. The van der Waals surface area contributed by atoms with E-state index in [1.807, 2.05) is 18.2 Å². The topological polar surface area (TPSA) is 94.8 Å². The van der Waals surface area contributed by atoms with Crippen molar-refractivity contribution < 1.29 is 24.9 Å².